The van der Waals surface area contributed by atoms with E-state index in [0.29, 0.717) is 31.9 Å². The van der Waals surface area contributed by atoms with Gasteiger partial charge >= 0.3 is 6.18 Å². The van der Waals surface area contributed by atoms with E-state index < -0.39 is 12.1 Å². The average Bonchev–Trinajstić information content (AvgIpc) is 3.07. The summed E-state index contributed by atoms with van der Waals surface area (Å²) in [6.45, 7) is 1.67. The van der Waals surface area contributed by atoms with Gasteiger partial charge in [0.25, 0.3) is 0 Å². The first kappa shape index (κ1) is 14.5. The van der Waals surface area contributed by atoms with E-state index in [4.69, 9.17) is 0 Å². The highest BCUT2D eigenvalue weighted by atomic mass is 32.1. The van der Waals surface area contributed by atoms with Crippen molar-refractivity contribution in [1.29, 1.82) is 0 Å². The average molecular weight is 316 g/mol. The third kappa shape index (κ3) is 3.11. The van der Waals surface area contributed by atoms with Crippen LogP contribution in [0, 0.1) is 0 Å². The van der Waals surface area contributed by atoms with Gasteiger partial charge < -0.3 is 9.88 Å². The number of nitrogens with one attached hydrogen (secondary N) is 1. The Morgan fingerprint density at radius 3 is 2.90 bits per heavy atom. The smallest absolute Gasteiger partial charge is 0.313 e. The van der Waals surface area contributed by atoms with E-state index in [0.717, 1.165) is 0 Å². The molecule has 0 amide bonds. The molecular formula is C13H15F3N4S. The molecule has 0 saturated carbocycles. The Balaban J connectivity index is 1.69. The summed E-state index contributed by atoms with van der Waals surface area (Å²) in [7, 11) is 0. The normalized spacial score (nSPS) is 18.7. The summed E-state index contributed by atoms with van der Waals surface area (Å²) >= 11 is 1.64. The van der Waals surface area contributed by atoms with E-state index >= 15 is 0 Å². The van der Waals surface area contributed by atoms with Crippen molar-refractivity contribution >= 4 is 11.3 Å². The Labute approximate surface area is 124 Å². The molecule has 2 aromatic heterocycles. The summed E-state index contributed by atoms with van der Waals surface area (Å²) in [5.41, 5.74) is 0. The van der Waals surface area contributed by atoms with Crippen LogP contribution in [0.1, 0.15) is 35.3 Å². The lowest BCUT2D eigenvalue weighted by Gasteiger charge is -2.25. The van der Waals surface area contributed by atoms with E-state index in [1.165, 1.54) is 4.88 Å². The molecular weight excluding hydrogens is 301 g/mol. The van der Waals surface area contributed by atoms with E-state index in [1.807, 2.05) is 17.5 Å². The number of halogens is 3. The zero-order valence-corrected chi connectivity index (χ0v) is 12.0. The van der Waals surface area contributed by atoms with Crippen LogP contribution in [0.4, 0.5) is 13.2 Å². The molecule has 1 N–H and O–H groups in total. The molecule has 4 nitrogen and oxygen atoms in total. The Morgan fingerprint density at radius 2 is 2.19 bits per heavy atom. The number of alkyl halides is 3. The second-order valence-corrected chi connectivity index (χ2v) is 6.08. The molecule has 2 aromatic rings. The monoisotopic (exact) mass is 316 g/mol. The zero-order valence-electron chi connectivity index (χ0n) is 11.2. The highest BCUT2D eigenvalue weighted by molar-refractivity contribution is 7.09. The molecule has 1 aliphatic heterocycles. The number of rotatable bonds is 4. The molecule has 0 saturated heterocycles. The highest BCUT2D eigenvalue weighted by Gasteiger charge is 2.45. The molecule has 3 heterocycles. The standard InChI is InChI=1S/C13H15F3N4S/c14-13(15,16)10-4-1-5-20-11(18-19-12(10)20)8-17-7-9-3-2-6-21-9/h2-3,6,10,17H,1,4-5,7-8H2/t10-/m0/s1. The third-order valence-corrected chi connectivity index (χ3v) is 4.48. The van der Waals surface area contributed by atoms with Crippen LogP contribution >= 0.6 is 11.3 Å². The van der Waals surface area contributed by atoms with Gasteiger partial charge in [0.1, 0.15) is 17.6 Å². The number of nitrogens with zero attached hydrogens (tertiary/aromatic N) is 3. The summed E-state index contributed by atoms with van der Waals surface area (Å²) in [5, 5.41) is 12.9. The van der Waals surface area contributed by atoms with Crippen molar-refractivity contribution in [2.45, 2.75) is 44.6 Å². The van der Waals surface area contributed by atoms with Crippen molar-refractivity contribution in [3.63, 3.8) is 0 Å². The van der Waals surface area contributed by atoms with Crippen LogP contribution < -0.4 is 5.32 Å². The fraction of sp³-hybridized carbons (Fsp3) is 0.538. The lowest BCUT2D eigenvalue weighted by molar-refractivity contribution is -0.156. The van der Waals surface area contributed by atoms with Crippen molar-refractivity contribution in [1.82, 2.24) is 20.1 Å². The maximum absolute atomic E-state index is 13.0. The minimum atomic E-state index is -4.24. The predicted molar refractivity (Wildman–Crippen MR) is 72.9 cm³/mol. The van der Waals surface area contributed by atoms with Crippen LogP contribution in [0.5, 0.6) is 0 Å². The van der Waals surface area contributed by atoms with Crippen molar-refractivity contribution in [2.24, 2.45) is 0 Å². The van der Waals surface area contributed by atoms with E-state index in [1.54, 1.807) is 15.9 Å². The molecule has 114 valence electrons. The summed E-state index contributed by atoms with van der Waals surface area (Å²) in [5.74, 6) is -0.845. The van der Waals surface area contributed by atoms with Crippen LogP contribution in [0.2, 0.25) is 0 Å². The van der Waals surface area contributed by atoms with Gasteiger partial charge in [0.15, 0.2) is 0 Å². The topological polar surface area (TPSA) is 42.7 Å². The second-order valence-electron chi connectivity index (χ2n) is 5.05. The summed E-state index contributed by atoms with van der Waals surface area (Å²) in [6, 6.07) is 3.98. The minimum absolute atomic E-state index is 0.0571. The molecule has 0 unspecified atom stereocenters. The number of fused-ring (bicyclic) bond motifs is 1. The SMILES string of the molecule is FC(F)(F)[C@H]1CCCn2c(CNCc3cccs3)nnc21. The van der Waals surface area contributed by atoms with Crippen molar-refractivity contribution in [3.8, 4) is 0 Å². The summed E-state index contributed by atoms with van der Waals surface area (Å²) in [4.78, 5) is 1.18. The van der Waals surface area contributed by atoms with Crippen molar-refractivity contribution in [3.05, 3.63) is 34.0 Å². The van der Waals surface area contributed by atoms with Gasteiger partial charge in [-0.1, -0.05) is 6.07 Å². The molecule has 0 fully saturated rings. The maximum atomic E-state index is 13.0. The Kier molecular flexibility index (Phi) is 3.99. The van der Waals surface area contributed by atoms with Crippen LogP contribution in [-0.4, -0.2) is 20.9 Å². The third-order valence-electron chi connectivity index (χ3n) is 3.60. The summed E-state index contributed by atoms with van der Waals surface area (Å²) < 4.78 is 40.5. The van der Waals surface area contributed by atoms with Gasteiger partial charge in [0, 0.05) is 18.0 Å². The van der Waals surface area contributed by atoms with Crippen molar-refractivity contribution < 1.29 is 13.2 Å². The molecule has 0 radical (unpaired) electrons. The minimum Gasteiger partial charge on any atom is -0.313 e. The van der Waals surface area contributed by atoms with Crippen LogP contribution in [0.25, 0.3) is 0 Å². The van der Waals surface area contributed by atoms with E-state index in [-0.39, 0.29) is 12.2 Å². The van der Waals surface area contributed by atoms with Crippen LogP contribution in [-0.2, 0) is 19.6 Å². The molecule has 0 bridgehead atoms. The van der Waals surface area contributed by atoms with Gasteiger partial charge in [0.2, 0.25) is 0 Å². The number of hydrogen-bond acceptors (Lipinski definition) is 4. The Bertz CT molecular complexity index is 591. The van der Waals surface area contributed by atoms with Crippen molar-refractivity contribution in [2.75, 3.05) is 0 Å². The van der Waals surface area contributed by atoms with Gasteiger partial charge in [0.05, 0.1) is 6.54 Å². The van der Waals surface area contributed by atoms with E-state index in [9.17, 15) is 13.2 Å². The second kappa shape index (κ2) is 5.76. The fourth-order valence-electron chi connectivity index (χ4n) is 2.58. The van der Waals surface area contributed by atoms with Crippen LogP contribution in [0.15, 0.2) is 17.5 Å². The van der Waals surface area contributed by atoms with Crippen LogP contribution in [0.3, 0.4) is 0 Å². The van der Waals surface area contributed by atoms with Gasteiger partial charge in [-0.25, -0.2) is 0 Å². The number of thiophene rings is 1. The maximum Gasteiger partial charge on any atom is 0.398 e. The quantitative estimate of drug-likeness (QED) is 0.942. The van der Waals surface area contributed by atoms with Gasteiger partial charge in [-0.15, -0.1) is 21.5 Å². The van der Waals surface area contributed by atoms with Gasteiger partial charge in [-0.05, 0) is 24.3 Å². The molecule has 21 heavy (non-hydrogen) atoms. The molecule has 1 atom stereocenters. The van der Waals surface area contributed by atoms with Gasteiger partial charge in [-0.2, -0.15) is 13.2 Å². The number of aromatic nitrogens is 3. The Morgan fingerprint density at radius 1 is 1.33 bits per heavy atom. The van der Waals surface area contributed by atoms with E-state index in [2.05, 4.69) is 15.5 Å². The molecule has 8 heteroatoms. The zero-order chi connectivity index (χ0) is 14.9. The lowest BCUT2D eigenvalue weighted by Crippen LogP contribution is -2.29. The largest absolute Gasteiger partial charge is 0.398 e. The first-order valence-corrected chi connectivity index (χ1v) is 7.65. The first-order chi connectivity index (χ1) is 10.1. The van der Waals surface area contributed by atoms with Gasteiger partial charge in [-0.3, -0.25) is 0 Å². The molecule has 0 aromatic carbocycles. The number of hydrogen-bond donors (Lipinski definition) is 1. The fourth-order valence-corrected chi connectivity index (χ4v) is 3.26. The highest BCUT2D eigenvalue weighted by Crippen LogP contribution is 2.40. The Hall–Kier alpha value is -1.41. The molecule has 0 spiro atoms. The molecule has 0 aliphatic carbocycles. The first-order valence-electron chi connectivity index (χ1n) is 6.77. The summed E-state index contributed by atoms with van der Waals surface area (Å²) in [6.07, 6.45) is -3.63. The molecule has 1 aliphatic rings. The predicted octanol–water partition coefficient (Wildman–Crippen LogP) is 3.07. The molecule has 3 rings (SSSR count). The lowest BCUT2D eigenvalue weighted by atomic mass is 9.98.